The Balaban J connectivity index is 2.87. The molecule has 2 amide bonds. The summed E-state index contributed by atoms with van der Waals surface area (Å²) in [6.07, 6.45) is 1.25. The summed E-state index contributed by atoms with van der Waals surface area (Å²) in [5, 5.41) is 0. The molecule has 1 aliphatic rings. The minimum atomic E-state index is -0.530. The van der Waals surface area contributed by atoms with Crippen molar-refractivity contribution in [1.29, 1.82) is 0 Å². The molecule has 1 heterocycles. The lowest BCUT2D eigenvalue weighted by atomic mass is 9.91. The molecule has 1 fully saturated rings. The lowest BCUT2D eigenvalue weighted by molar-refractivity contribution is -0.136. The van der Waals surface area contributed by atoms with Gasteiger partial charge < -0.3 is 33.9 Å². The topological polar surface area (TPSA) is 95.0 Å². The van der Waals surface area contributed by atoms with Crippen LogP contribution in [0.15, 0.2) is 4.99 Å². The van der Waals surface area contributed by atoms with Crippen LogP contribution in [0, 0.1) is 5.92 Å². The van der Waals surface area contributed by atoms with Crippen molar-refractivity contribution in [3.05, 3.63) is 0 Å². The van der Waals surface area contributed by atoms with Gasteiger partial charge in [0.15, 0.2) is 5.96 Å². The molecule has 3 atom stereocenters. The third-order valence-electron chi connectivity index (χ3n) is 6.05. The predicted molar refractivity (Wildman–Crippen MR) is 133 cm³/mol. The number of aldehydes is 1. The molecule has 10 nitrogen and oxygen atoms in total. The van der Waals surface area contributed by atoms with Crippen LogP contribution in [0.5, 0.6) is 0 Å². The van der Waals surface area contributed by atoms with E-state index in [4.69, 9.17) is 9.47 Å². The van der Waals surface area contributed by atoms with Gasteiger partial charge in [-0.1, -0.05) is 20.3 Å². The molecule has 0 bridgehead atoms. The maximum absolute atomic E-state index is 13.1. The number of likely N-dealkylation sites (N-methyl/N-ethyl adjacent to an activating group) is 1. The lowest BCUT2D eigenvalue weighted by Crippen LogP contribution is -2.54. The first kappa shape index (κ1) is 29.7. The second-order valence-electron chi connectivity index (χ2n) is 10.0. The number of aliphatic imine (C=N–C) groups is 1. The maximum atomic E-state index is 13.1. The minimum absolute atomic E-state index is 0.0131. The summed E-state index contributed by atoms with van der Waals surface area (Å²) in [7, 11) is 7.10. The fraction of sp³-hybridized carbons (Fsp3) is 0.833. The molecule has 0 saturated carbocycles. The van der Waals surface area contributed by atoms with Crippen molar-refractivity contribution in [2.75, 3.05) is 61.0 Å². The Morgan fingerprint density at radius 1 is 1.09 bits per heavy atom. The number of hydrogen-bond donors (Lipinski definition) is 0. The van der Waals surface area contributed by atoms with Crippen LogP contribution in [0.2, 0.25) is 0 Å². The van der Waals surface area contributed by atoms with Crippen LogP contribution in [0.3, 0.4) is 0 Å². The summed E-state index contributed by atoms with van der Waals surface area (Å²) in [6.45, 7) is 11.9. The molecule has 0 radical (unpaired) electrons. The van der Waals surface area contributed by atoms with Gasteiger partial charge in [0.05, 0.1) is 12.1 Å². The minimum Gasteiger partial charge on any atom is -0.444 e. The van der Waals surface area contributed by atoms with Crippen LogP contribution in [-0.4, -0.2) is 123 Å². The van der Waals surface area contributed by atoms with E-state index in [2.05, 4.69) is 23.7 Å². The van der Waals surface area contributed by atoms with Crippen molar-refractivity contribution in [3.63, 3.8) is 0 Å². The summed E-state index contributed by atoms with van der Waals surface area (Å²) in [5.41, 5.74) is -0.530. The molecular weight excluding hydrogens is 438 g/mol. The fourth-order valence-electron chi connectivity index (χ4n) is 4.06. The van der Waals surface area contributed by atoms with E-state index in [0.29, 0.717) is 32.1 Å². The smallest absolute Gasteiger partial charge is 0.410 e. The van der Waals surface area contributed by atoms with Gasteiger partial charge in [0.25, 0.3) is 0 Å². The molecule has 10 heteroatoms. The Bertz CT molecular complexity index is 698. The Hall–Kier alpha value is -2.36. The fourth-order valence-corrected chi connectivity index (χ4v) is 4.06. The highest BCUT2D eigenvalue weighted by Crippen LogP contribution is 2.21. The molecule has 34 heavy (non-hydrogen) atoms. The molecule has 1 aliphatic heterocycles. The highest BCUT2D eigenvalue weighted by atomic mass is 16.6. The first-order valence-corrected chi connectivity index (χ1v) is 12.0. The normalized spacial score (nSPS) is 17.6. The number of rotatable bonds is 9. The van der Waals surface area contributed by atoms with Gasteiger partial charge in [0.1, 0.15) is 18.4 Å². The van der Waals surface area contributed by atoms with E-state index in [1.807, 2.05) is 39.8 Å². The number of nitrogens with zero attached hydrogens (tertiary/aromatic N) is 5. The summed E-state index contributed by atoms with van der Waals surface area (Å²) in [6, 6.07) is -0.219. The van der Waals surface area contributed by atoms with Crippen molar-refractivity contribution in [3.8, 4) is 0 Å². The van der Waals surface area contributed by atoms with Crippen LogP contribution < -0.4 is 0 Å². The summed E-state index contributed by atoms with van der Waals surface area (Å²) in [5.74, 6) is 0.726. The molecule has 0 aromatic heterocycles. The number of carbonyl (C=O) groups is 3. The van der Waals surface area contributed by atoms with E-state index in [1.54, 1.807) is 24.0 Å². The van der Waals surface area contributed by atoms with E-state index in [-0.39, 0.29) is 43.0 Å². The third kappa shape index (κ3) is 8.77. The van der Waals surface area contributed by atoms with Crippen molar-refractivity contribution < 1.29 is 23.9 Å². The number of carbonyl (C=O) groups excluding carboxylic acids is 3. The van der Waals surface area contributed by atoms with Gasteiger partial charge in [0.2, 0.25) is 5.91 Å². The highest BCUT2D eigenvalue weighted by molar-refractivity contribution is 5.85. The predicted octanol–water partition coefficient (Wildman–Crippen LogP) is 1.93. The molecule has 0 spiro atoms. The molecule has 0 aromatic carbocycles. The number of piperazine rings is 1. The average Bonchev–Trinajstić information content (AvgIpc) is 2.77. The number of amides is 2. The van der Waals surface area contributed by atoms with Crippen LogP contribution in [0.4, 0.5) is 4.79 Å². The molecule has 0 N–H and O–H groups in total. The van der Waals surface area contributed by atoms with Gasteiger partial charge in [-0.05, 0) is 26.7 Å². The van der Waals surface area contributed by atoms with Crippen LogP contribution in [0.25, 0.3) is 0 Å². The third-order valence-corrected chi connectivity index (χ3v) is 6.05. The van der Waals surface area contributed by atoms with E-state index in [9.17, 15) is 14.4 Å². The van der Waals surface area contributed by atoms with Crippen LogP contribution in [-0.2, 0) is 19.1 Å². The van der Waals surface area contributed by atoms with Gasteiger partial charge in [-0.15, -0.1) is 0 Å². The van der Waals surface area contributed by atoms with E-state index in [0.717, 1.165) is 12.7 Å². The molecule has 1 rings (SSSR count). The average molecular weight is 484 g/mol. The van der Waals surface area contributed by atoms with Crippen LogP contribution in [0.1, 0.15) is 47.5 Å². The van der Waals surface area contributed by atoms with Crippen molar-refractivity contribution in [2.24, 2.45) is 10.9 Å². The summed E-state index contributed by atoms with van der Waals surface area (Å²) >= 11 is 0. The van der Waals surface area contributed by atoms with Gasteiger partial charge in [-0.25, -0.2) is 9.79 Å². The Labute approximate surface area is 205 Å². The van der Waals surface area contributed by atoms with Crippen molar-refractivity contribution >= 4 is 24.2 Å². The molecule has 1 saturated heterocycles. The Morgan fingerprint density at radius 3 is 2.09 bits per heavy atom. The summed E-state index contributed by atoms with van der Waals surface area (Å²) in [4.78, 5) is 48.5. The molecular formula is C24H45N5O5. The second kappa shape index (κ2) is 13.5. The van der Waals surface area contributed by atoms with E-state index in [1.165, 1.54) is 0 Å². The first-order valence-electron chi connectivity index (χ1n) is 12.0. The molecule has 3 unspecified atom stereocenters. The molecule has 0 aromatic rings. The van der Waals surface area contributed by atoms with Crippen LogP contribution >= 0.6 is 0 Å². The number of guanidine groups is 1. The zero-order valence-corrected chi connectivity index (χ0v) is 22.5. The SMILES string of the molecule is CCC(C)C(C(CC=O)OC)N(C)C(=O)CN=C(N(C)C)N1CCN(C(=O)OC(C)(C)C)CC1. The number of ether oxygens (including phenoxy) is 2. The largest absolute Gasteiger partial charge is 0.444 e. The summed E-state index contributed by atoms with van der Waals surface area (Å²) < 4.78 is 11.0. The van der Waals surface area contributed by atoms with Gasteiger partial charge in [-0.2, -0.15) is 0 Å². The van der Waals surface area contributed by atoms with E-state index < -0.39 is 5.60 Å². The highest BCUT2D eigenvalue weighted by Gasteiger charge is 2.32. The van der Waals surface area contributed by atoms with E-state index >= 15 is 0 Å². The monoisotopic (exact) mass is 483 g/mol. The molecule has 196 valence electrons. The van der Waals surface area contributed by atoms with Gasteiger partial charge in [0, 0.05) is 60.9 Å². The second-order valence-corrected chi connectivity index (χ2v) is 10.0. The lowest BCUT2D eigenvalue weighted by Gasteiger charge is -2.39. The quantitative estimate of drug-likeness (QED) is 0.281. The van der Waals surface area contributed by atoms with Gasteiger partial charge >= 0.3 is 6.09 Å². The molecule has 0 aliphatic carbocycles. The Kier molecular flexibility index (Phi) is 11.8. The van der Waals surface area contributed by atoms with Crippen molar-refractivity contribution in [1.82, 2.24) is 19.6 Å². The first-order chi connectivity index (χ1) is 15.9. The Morgan fingerprint density at radius 2 is 1.65 bits per heavy atom. The van der Waals surface area contributed by atoms with Crippen molar-refractivity contribution in [2.45, 2.75) is 65.2 Å². The number of methoxy groups -OCH3 is 1. The van der Waals surface area contributed by atoms with Gasteiger partial charge in [-0.3, -0.25) is 4.79 Å². The standard InChI is InChI=1S/C24H45N5O5/c1-10-18(2)21(19(33-9)11-16-30)27(8)20(31)17-25-22(26(6)7)28-12-14-29(15-13-28)23(32)34-24(3,4)5/h16,18-19,21H,10-15,17H2,1-9H3. The zero-order valence-electron chi connectivity index (χ0n) is 22.5. The zero-order chi connectivity index (χ0) is 26.1. The number of hydrogen-bond acceptors (Lipinski definition) is 6. The maximum Gasteiger partial charge on any atom is 0.410 e.